The van der Waals surface area contributed by atoms with E-state index in [0.717, 1.165) is 25.1 Å². The van der Waals surface area contributed by atoms with Crippen LogP contribution >= 0.6 is 34.8 Å². The van der Waals surface area contributed by atoms with E-state index in [1.807, 2.05) is 0 Å². The third-order valence-corrected chi connectivity index (χ3v) is 3.77. The highest BCUT2D eigenvalue weighted by Crippen LogP contribution is 2.34. The Morgan fingerprint density at radius 3 is 2.41 bits per heavy atom. The summed E-state index contributed by atoms with van der Waals surface area (Å²) in [5, 5.41) is 5.04. The number of hydrogen-bond donors (Lipinski definition) is 1. The van der Waals surface area contributed by atoms with E-state index in [1.165, 1.54) is 6.42 Å². The fourth-order valence-corrected chi connectivity index (χ4v) is 2.95. The van der Waals surface area contributed by atoms with Gasteiger partial charge in [-0.3, -0.25) is 0 Å². The highest BCUT2D eigenvalue weighted by molar-refractivity contribution is 6.41. The van der Waals surface area contributed by atoms with Gasteiger partial charge in [-0.1, -0.05) is 47.0 Å². The summed E-state index contributed by atoms with van der Waals surface area (Å²) < 4.78 is 0. The summed E-state index contributed by atoms with van der Waals surface area (Å²) in [6.45, 7) is 0.894. The molecule has 0 radical (unpaired) electrons. The molecule has 0 heterocycles. The van der Waals surface area contributed by atoms with Crippen molar-refractivity contribution in [1.29, 1.82) is 0 Å². The first-order chi connectivity index (χ1) is 8.16. The first kappa shape index (κ1) is 13.1. The fraction of sp³-hybridized carbons (Fsp3) is 0.385. The van der Waals surface area contributed by atoms with Crippen LogP contribution in [0.5, 0.6) is 0 Å². The van der Waals surface area contributed by atoms with E-state index < -0.39 is 0 Å². The van der Waals surface area contributed by atoms with E-state index in [-0.39, 0.29) is 0 Å². The van der Waals surface area contributed by atoms with Crippen LogP contribution in [-0.2, 0) is 0 Å². The number of anilines is 1. The minimum Gasteiger partial charge on any atom is -0.382 e. The first-order valence-corrected chi connectivity index (χ1v) is 6.83. The van der Waals surface area contributed by atoms with Crippen molar-refractivity contribution in [2.75, 3.05) is 11.9 Å². The van der Waals surface area contributed by atoms with E-state index >= 15 is 0 Å². The van der Waals surface area contributed by atoms with Crippen LogP contribution < -0.4 is 5.32 Å². The largest absolute Gasteiger partial charge is 0.382 e. The van der Waals surface area contributed by atoms with Gasteiger partial charge in [0.1, 0.15) is 0 Å². The minimum atomic E-state index is 0.561. The van der Waals surface area contributed by atoms with Crippen molar-refractivity contribution in [3.05, 3.63) is 39.4 Å². The second-order valence-electron chi connectivity index (χ2n) is 4.28. The van der Waals surface area contributed by atoms with Crippen molar-refractivity contribution in [1.82, 2.24) is 0 Å². The molecule has 0 spiro atoms. The lowest BCUT2D eigenvalue weighted by molar-refractivity contribution is 0.504. The molecule has 2 rings (SSSR count). The van der Waals surface area contributed by atoms with Crippen molar-refractivity contribution in [3.63, 3.8) is 0 Å². The molecule has 0 saturated carbocycles. The lowest BCUT2D eigenvalue weighted by Gasteiger charge is -2.20. The highest BCUT2D eigenvalue weighted by atomic mass is 35.5. The summed E-state index contributed by atoms with van der Waals surface area (Å²) in [4.78, 5) is 0. The molecule has 0 fully saturated rings. The maximum Gasteiger partial charge on any atom is 0.0720 e. The SMILES string of the molecule is Clc1cc(Cl)c(NCC2CC=CCC2)c(Cl)c1. The van der Waals surface area contributed by atoms with E-state index in [4.69, 9.17) is 34.8 Å². The fourth-order valence-electron chi connectivity index (χ4n) is 2.00. The molecule has 92 valence electrons. The van der Waals surface area contributed by atoms with E-state index in [9.17, 15) is 0 Å². The van der Waals surface area contributed by atoms with Gasteiger partial charge in [0, 0.05) is 11.6 Å². The van der Waals surface area contributed by atoms with Crippen molar-refractivity contribution in [2.45, 2.75) is 19.3 Å². The second-order valence-corrected chi connectivity index (χ2v) is 5.53. The summed E-state index contributed by atoms with van der Waals surface area (Å²) in [7, 11) is 0. The van der Waals surface area contributed by atoms with Crippen LogP contribution in [0.2, 0.25) is 15.1 Å². The summed E-state index contributed by atoms with van der Waals surface area (Å²) in [6.07, 6.45) is 7.97. The Morgan fingerprint density at radius 2 is 1.82 bits per heavy atom. The van der Waals surface area contributed by atoms with Gasteiger partial charge in [-0.25, -0.2) is 0 Å². The van der Waals surface area contributed by atoms with Gasteiger partial charge in [-0.2, -0.15) is 0 Å². The molecule has 0 aliphatic heterocycles. The van der Waals surface area contributed by atoms with Crippen LogP contribution in [0.15, 0.2) is 24.3 Å². The van der Waals surface area contributed by atoms with Crippen LogP contribution in [0.3, 0.4) is 0 Å². The number of halogens is 3. The Morgan fingerprint density at radius 1 is 1.12 bits per heavy atom. The van der Waals surface area contributed by atoms with Crippen LogP contribution in [0.4, 0.5) is 5.69 Å². The quantitative estimate of drug-likeness (QED) is 0.733. The number of nitrogens with one attached hydrogen (secondary N) is 1. The molecule has 1 aromatic carbocycles. The lowest BCUT2D eigenvalue weighted by Crippen LogP contribution is -2.15. The number of rotatable bonds is 3. The average molecular weight is 291 g/mol. The van der Waals surface area contributed by atoms with Gasteiger partial charge in [0.2, 0.25) is 0 Å². The summed E-state index contributed by atoms with van der Waals surface area (Å²) >= 11 is 18.1. The molecule has 1 aliphatic rings. The number of hydrogen-bond acceptors (Lipinski definition) is 1. The smallest absolute Gasteiger partial charge is 0.0720 e. The Hall–Kier alpha value is -0.370. The molecule has 17 heavy (non-hydrogen) atoms. The standard InChI is InChI=1S/C13H14Cl3N/c14-10-6-11(15)13(12(16)7-10)17-8-9-4-2-1-3-5-9/h1-2,6-7,9,17H,3-5,8H2. The van der Waals surface area contributed by atoms with Crippen molar-refractivity contribution in [2.24, 2.45) is 5.92 Å². The zero-order chi connectivity index (χ0) is 12.3. The van der Waals surface area contributed by atoms with Gasteiger partial charge in [0.05, 0.1) is 15.7 Å². The molecule has 0 aromatic heterocycles. The molecule has 4 heteroatoms. The normalized spacial score (nSPS) is 19.4. The maximum atomic E-state index is 6.11. The van der Waals surface area contributed by atoms with Gasteiger partial charge in [0.25, 0.3) is 0 Å². The minimum absolute atomic E-state index is 0.561. The topological polar surface area (TPSA) is 12.0 Å². The average Bonchev–Trinajstić information content (AvgIpc) is 2.29. The molecular formula is C13H14Cl3N. The van der Waals surface area contributed by atoms with Crippen LogP contribution in [-0.4, -0.2) is 6.54 Å². The molecule has 0 bridgehead atoms. The Labute approximate surface area is 117 Å². The summed E-state index contributed by atoms with van der Waals surface area (Å²) in [5.41, 5.74) is 0.785. The van der Waals surface area contributed by atoms with Gasteiger partial charge < -0.3 is 5.32 Å². The third kappa shape index (κ3) is 3.54. The molecule has 1 N–H and O–H groups in total. The maximum absolute atomic E-state index is 6.11. The second kappa shape index (κ2) is 5.99. The summed E-state index contributed by atoms with van der Waals surface area (Å²) in [6, 6.07) is 3.41. The lowest BCUT2D eigenvalue weighted by atomic mass is 9.94. The van der Waals surface area contributed by atoms with E-state index in [2.05, 4.69) is 17.5 Å². The van der Waals surface area contributed by atoms with Crippen LogP contribution in [0.1, 0.15) is 19.3 Å². The predicted molar refractivity (Wildman–Crippen MR) is 76.4 cm³/mol. The third-order valence-electron chi connectivity index (χ3n) is 2.95. The van der Waals surface area contributed by atoms with E-state index in [0.29, 0.717) is 21.0 Å². The molecule has 1 nitrogen and oxygen atoms in total. The Bertz CT molecular complexity index is 406. The molecule has 0 saturated heterocycles. The van der Waals surface area contributed by atoms with Gasteiger partial charge in [-0.05, 0) is 37.3 Å². The van der Waals surface area contributed by atoms with Crippen LogP contribution in [0.25, 0.3) is 0 Å². The highest BCUT2D eigenvalue weighted by Gasteiger charge is 2.12. The van der Waals surface area contributed by atoms with Crippen molar-refractivity contribution < 1.29 is 0 Å². The van der Waals surface area contributed by atoms with Crippen molar-refractivity contribution >= 4 is 40.5 Å². The molecule has 1 atom stereocenters. The van der Waals surface area contributed by atoms with Crippen LogP contribution in [0, 0.1) is 5.92 Å². The van der Waals surface area contributed by atoms with Gasteiger partial charge in [0.15, 0.2) is 0 Å². The summed E-state index contributed by atoms with van der Waals surface area (Å²) in [5.74, 6) is 0.655. The predicted octanol–water partition coefficient (Wildman–Crippen LogP) is 5.42. The number of allylic oxidation sites excluding steroid dienone is 2. The number of benzene rings is 1. The van der Waals surface area contributed by atoms with Crippen molar-refractivity contribution in [3.8, 4) is 0 Å². The zero-order valence-electron chi connectivity index (χ0n) is 9.35. The molecule has 1 aromatic rings. The molecule has 1 unspecified atom stereocenters. The monoisotopic (exact) mass is 289 g/mol. The zero-order valence-corrected chi connectivity index (χ0v) is 11.6. The van der Waals surface area contributed by atoms with Gasteiger partial charge in [-0.15, -0.1) is 0 Å². The Kier molecular flexibility index (Phi) is 4.61. The van der Waals surface area contributed by atoms with Gasteiger partial charge >= 0.3 is 0 Å². The molecule has 1 aliphatic carbocycles. The molecular weight excluding hydrogens is 277 g/mol. The Balaban J connectivity index is 2.01. The van der Waals surface area contributed by atoms with E-state index in [1.54, 1.807) is 12.1 Å². The molecule has 0 amide bonds. The first-order valence-electron chi connectivity index (χ1n) is 5.70.